The zero-order chi connectivity index (χ0) is 31.2. The number of benzene rings is 5. The van der Waals surface area contributed by atoms with Gasteiger partial charge in [0.05, 0.1) is 10.2 Å². The summed E-state index contributed by atoms with van der Waals surface area (Å²) in [6.07, 6.45) is 3.84. The van der Waals surface area contributed by atoms with Crippen LogP contribution in [0.3, 0.4) is 0 Å². The number of pyridine rings is 1. The van der Waals surface area contributed by atoms with Crippen LogP contribution in [-0.4, -0.2) is 29.9 Å². The van der Waals surface area contributed by atoms with E-state index in [1.165, 1.54) is 10.8 Å². The predicted octanol–water partition coefficient (Wildman–Crippen LogP) is 9.91. The molecule has 0 amide bonds. The standard InChI is InChI=1S/C40H24N6S/c1-3-10-27(11-4-1)37-44-38(28-12-5-2-6-13-28)46-39(45-37)29-18-15-26(16-19-29)32-22-33-35-34(47-40(33)42-23-32)24-41-36(43-35)31-20-17-25-9-7-8-14-30(25)21-31/h1-24H. The fraction of sp³-hybridized carbons (Fsp3) is 0. The van der Waals surface area contributed by atoms with Gasteiger partial charge in [-0.2, -0.15) is 0 Å². The van der Waals surface area contributed by atoms with Crippen LogP contribution in [0.2, 0.25) is 0 Å². The molecule has 0 unspecified atom stereocenters. The number of fused-ring (bicyclic) bond motifs is 4. The third kappa shape index (κ3) is 5.09. The van der Waals surface area contributed by atoms with Crippen LogP contribution in [0.15, 0.2) is 146 Å². The van der Waals surface area contributed by atoms with E-state index in [-0.39, 0.29) is 0 Å². The maximum absolute atomic E-state index is 5.03. The summed E-state index contributed by atoms with van der Waals surface area (Å²) in [4.78, 5) is 30.1. The number of thiophene rings is 1. The summed E-state index contributed by atoms with van der Waals surface area (Å²) in [7, 11) is 0. The van der Waals surface area contributed by atoms with Gasteiger partial charge in [-0.1, -0.05) is 121 Å². The van der Waals surface area contributed by atoms with E-state index in [1.807, 2.05) is 73.1 Å². The van der Waals surface area contributed by atoms with Crippen LogP contribution in [-0.2, 0) is 0 Å². The Morgan fingerprint density at radius 1 is 0.383 bits per heavy atom. The van der Waals surface area contributed by atoms with Crippen LogP contribution in [0.25, 0.3) is 87.9 Å². The van der Waals surface area contributed by atoms with E-state index in [1.54, 1.807) is 11.3 Å². The second-order valence-electron chi connectivity index (χ2n) is 11.3. The second kappa shape index (κ2) is 11.3. The van der Waals surface area contributed by atoms with Gasteiger partial charge in [-0.25, -0.2) is 29.9 Å². The Morgan fingerprint density at radius 2 is 0.957 bits per heavy atom. The molecule has 9 aromatic rings. The van der Waals surface area contributed by atoms with Crippen molar-refractivity contribution in [2.45, 2.75) is 0 Å². The van der Waals surface area contributed by atoms with Gasteiger partial charge in [0, 0.05) is 45.6 Å². The van der Waals surface area contributed by atoms with Crippen LogP contribution in [0.1, 0.15) is 0 Å². The molecule has 6 nitrogen and oxygen atoms in total. The molecule has 220 valence electrons. The fourth-order valence-corrected chi connectivity index (χ4v) is 6.76. The highest BCUT2D eigenvalue weighted by Crippen LogP contribution is 2.35. The lowest BCUT2D eigenvalue weighted by molar-refractivity contribution is 1.07. The Hall–Kier alpha value is -6.18. The van der Waals surface area contributed by atoms with Crippen molar-refractivity contribution in [1.29, 1.82) is 0 Å². The third-order valence-electron chi connectivity index (χ3n) is 8.25. The van der Waals surface area contributed by atoms with Crippen molar-refractivity contribution < 1.29 is 0 Å². The minimum absolute atomic E-state index is 0.625. The molecule has 0 atom stereocenters. The van der Waals surface area contributed by atoms with Crippen LogP contribution < -0.4 is 0 Å². The third-order valence-corrected chi connectivity index (χ3v) is 9.29. The lowest BCUT2D eigenvalue weighted by atomic mass is 10.0. The summed E-state index contributed by atoms with van der Waals surface area (Å²) in [5.74, 6) is 2.62. The Kier molecular flexibility index (Phi) is 6.54. The Bertz CT molecular complexity index is 2510. The normalized spacial score (nSPS) is 11.4. The van der Waals surface area contributed by atoms with Crippen LogP contribution in [0.5, 0.6) is 0 Å². The van der Waals surface area contributed by atoms with Gasteiger partial charge >= 0.3 is 0 Å². The Balaban J connectivity index is 1.09. The number of nitrogens with zero attached hydrogens (tertiary/aromatic N) is 6. The topological polar surface area (TPSA) is 77.3 Å². The average molecular weight is 621 g/mol. The molecule has 0 aliphatic rings. The monoisotopic (exact) mass is 620 g/mol. The molecule has 0 fully saturated rings. The zero-order valence-corrected chi connectivity index (χ0v) is 25.8. The predicted molar refractivity (Wildman–Crippen MR) is 191 cm³/mol. The number of rotatable bonds is 5. The molecule has 0 N–H and O–H groups in total. The van der Waals surface area contributed by atoms with Crippen molar-refractivity contribution in [2.24, 2.45) is 0 Å². The van der Waals surface area contributed by atoms with Crippen molar-refractivity contribution in [3.63, 3.8) is 0 Å². The van der Waals surface area contributed by atoms with E-state index >= 15 is 0 Å². The SMILES string of the molecule is c1ccc(-c2nc(-c3ccccc3)nc(-c3ccc(-c4cnc5sc6cnc(-c7ccc8ccccc8c7)nc6c5c4)cc3)n2)cc1. The van der Waals surface area contributed by atoms with Gasteiger partial charge in [-0.15, -0.1) is 11.3 Å². The van der Waals surface area contributed by atoms with E-state index in [4.69, 9.17) is 29.9 Å². The number of aromatic nitrogens is 6. The number of hydrogen-bond donors (Lipinski definition) is 0. The molecule has 9 rings (SSSR count). The zero-order valence-electron chi connectivity index (χ0n) is 24.9. The van der Waals surface area contributed by atoms with E-state index in [0.29, 0.717) is 23.3 Å². The lowest BCUT2D eigenvalue weighted by Crippen LogP contribution is -2.00. The summed E-state index contributed by atoms with van der Waals surface area (Å²) < 4.78 is 1.02. The summed E-state index contributed by atoms with van der Waals surface area (Å²) in [5, 5.41) is 3.39. The first-order valence-electron chi connectivity index (χ1n) is 15.3. The Morgan fingerprint density at radius 3 is 1.64 bits per heavy atom. The Labute approximate surface area is 274 Å². The number of hydrogen-bond acceptors (Lipinski definition) is 7. The molecular weight excluding hydrogens is 597 g/mol. The van der Waals surface area contributed by atoms with E-state index < -0.39 is 0 Å². The van der Waals surface area contributed by atoms with Crippen molar-refractivity contribution in [3.05, 3.63) is 146 Å². The minimum atomic E-state index is 0.625. The second-order valence-corrected chi connectivity index (χ2v) is 12.3. The van der Waals surface area contributed by atoms with E-state index in [9.17, 15) is 0 Å². The fourth-order valence-electron chi connectivity index (χ4n) is 5.82. The molecule has 0 saturated heterocycles. The molecule has 0 aliphatic carbocycles. The van der Waals surface area contributed by atoms with E-state index in [0.717, 1.165) is 53.8 Å². The van der Waals surface area contributed by atoms with Crippen molar-refractivity contribution >= 4 is 42.5 Å². The molecule has 4 heterocycles. The molecule has 47 heavy (non-hydrogen) atoms. The molecule has 5 aromatic carbocycles. The van der Waals surface area contributed by atoms with Crippen LogP contribution >= 0.6 is 11.3 Å². The maximum atomic E-state index is 5.03. The smallest absolute Gasteiger partial charge is 0.164 e. The van der Waals surface area contributed by atoms with Crippen LogP contribution in [0, 0.1) is 0 Å². The molecular formula is C40H24N6S. The molecule has 7 heteroatoms. The first kappa shape index (κ1) is 27.2. The summed E-state index contributed by atoms with van der Waals surface area (Å²) in [5.41, 5.74) is 6.77. The molecule has 4 aromatic heterocycles. The highest BCUT2D eigenvalue weighted by molar-refractivity contribution is 7.25. The molecule has 0 bridgehead atoms. The van der Waals surface area contributed by atoms with Gasteiger partial charge in [-0.05, 0) is 28.5 Å². The van der Waals surface area contributed by atoms with Crippen molar-refractivity contribution in [3.8, 4) is 56.7 Å². The quantitative estimate of drug-likeness (QED) is 0.191. The largest absolute Gasteiger partial charge is 0.245 e. The van der Waals surface area contributed by atoms with Crippen LogP contribution in [0.4, 0.5) is 0 Å². The highest BCUT2D eigenvalue weighted by Gasteiger charge is 2.15. The van der Waals surface area contributed by atoms with Crippen molar-refractivity contribution in [2.75, 3.05) is 0 Å². The van der Waals surface area contributed by atoms with E-state index in [2.05, 4.69) is 72.8 Å². The summed E-state index contributed by atoms with van der Waals surface area (Å²) in [6, 6.07) is 45.2. The average Bonchev–Trinajstić information content (AvgIpc) is 3.52. The highest BCUT2D eigenvalue weighted by atomic mass is 32.1. The van der Waals surface area contributed by atoms with Gasteiger partial charge in [0.1, 0.15) is 4.83 Å². The minimum Gasteiger partial charge on any atom is -0.245 e. The van der Waals surface area contributed by atoms with Gasteiger partial charge in [0.15, 0.2) is 23.3 Å². The first-order chi connectivity index (χ1) is 23.2. The van der Waals surface area contributed by atoms with Gasteiger partial charge in [-0.3, -0.25) is 0 Å². The van der Waals surface area contributed by atoms with Crippen molar-refractivity contribution in [1.82, 2.24) is 29.9 Å². The molecule has 0 aliphatic heterocycles. The lowest BCUT2D eigenvalue weighted by Gasteiger charge is -2.09. The van der Waals surface area contributed by atoms with Gasteiger partial charge in [0.25, 0.3) is 0 Å². The van der Waals surface area contributed by atoms with Gasteiger partial charge in [0.2, 0.25) is 0 Å². The molecule has 0 spiro atoms. The summed E-state index contributed by atoms with van der Waals surface area (Å²) in [6.45, 7) is 0. The molecule has 0 saturated carbocycles. The summed E-state index contributed by atoms with van der Waals surface area (Å²) >= 11 is 1.61. The first-order valence-corrected chi connectivity index (χ1v) is 16.1. The maximum Gasteiger partial charge on any atom is 0.164 e. The molecule has 0 radical (unpaired) electrons. The van der Waals surface area contributed by atoms with Gasteiger partial charge < -0.3 is 0 Å².